The molecule has 1 aliphatic rings. The third-order valence-electron chi connectivity index (χ3n) is 3.14. The highest BCUT2D eigenvalue weighted by molar-refractivity contribution is 9.10. The zero-order chi connectivity index (χ0) is 13.0. The lowest BCUT2D eigenvalue weighted by Crippen LogP contribution is -2.32. The number of halogens is 1. The van der Waals surface area contributed by atoms with Gasteiger partial charge in [-0.2, -0.15) is 0 Å². The lowest BCUT2D eigenvalue weighted by atomic mass is 10.1. The Morgan fingerprint density at radius 2 is 2.06 bits per heavy atom. The van der Waals surface area contributed by atoms with Gasteiger partial charge in [-0.1, -0.05) is 15.9 Å². The zero-order valence-electron chi connectivity index (χ0n) is 9.99. The molecule has 18 heavy (non-hydrogen) atoms. The standard InChI is InChI=1S/C13H16BrNO2S/c14-10-1-3-11(4-2-10)18-7-12(17)15-8-13(9-16)5-6-13/h1-4,16H,5-9H2,(H,15,17). The van der Waals surface area contributed by atoms with Crippen LogP contribution in [-0.2, 0) is 4.79 Å². The van der Waals surface area contributed by atoms with Crippen LogP contribution in [0.2, 0.25) is 0 Å². The molecule has 0 aliphatic heterocycles. The fourth-order valence-electron chi connectivity index (χ4n) is 1.58. The fourth-order valence-corrected chi connectivity index (χ4v) is 2.58. The predicted molar refractivity (Wildman–Crippen MR) is 76.6 cm³/mol. The Labute approximate surface area is 119 Å². The highest BCUT2D eigenvalue weighted by Gasteiger charge is 2.41. The van der Waals surface area contributed by atoms with Gasteiger partial charge in [0, 0.05) is 21.3 Å². The number of carbonyl (C=O) groups is 1. The van der Waals surface area contributed by atoms with Crippen LogP contribution in [0.1, 0.15) is 12.8 Å². The Morgan fingerprint density at radius 3 is 2.61 bits per heavy atom. The van der Waals surface area contributed by atoms with Gasteiger partial charge in [-0.05, 0) is 37.1 Å². The molecule has 3 nitrogen and oxygen atoms in total. The van der Waals surface area contributed by atoms with E-state index in [1.807, 2.05) is 24.3 Å². The molecule has 98 valence electrons. The van der Waals surface area contributed by atoms with Crippen molar-refractivity contribution in [1.82, 2.24) is 5.32 Å². The Morgan fingerprint density at radius 1 is 1.39 bits per heavy atom. The maximum atomic E-state index is 11.7. The van der Waals surface area contributed by atoms with E-state index in [-0.39, 0.29) is 17.9 Å². The van der Waals surface area contributed by atoms with Crippen LogP contribution < -0.4 is 5.32 Å². The maximum absolute atomic E-state index is 11.7. The second-order valence-corrected chi connectivity index (χ2v) is 6.64. The lowest BCUT2D eigenvalue weighted by Gasteiger charge is -2.12. The number of rotatable bonds is 6. The number of amides is 1. The molecule has 0 radical (unpaired) electrons. The minimum Gasteiger partial charge on any atom is -0.396 e. The molecule has 5 heteroatoms. The van der Waals surface area contributed by atoms with Crippen LogP contribution >= 0.6 is 27.7 Å². The first-order chi connectivity index (χ1) is 8.63. The topological polar surface area (TPSA) is 49.3 Å². The molecule has 1 saturated carbocycles. The van der Waals surface area contributed by atoms with Crippen molar-refractivity contribution in [3.63, 3.8) is 0 Å². The molecule has 0 bridgehead atoms. The van der Waals surface area contributed by atoms with Crippen molar-refractivity contribution >= 4 is 33.6 Å². The summed E-state index contributed by atoms with van der Waals surface area (Å²) in [4.78, 5) is 12.7. The van der Waals surface area contributed by atoms with E-state index in [4.69, 9.17) is 5.11 Å². The van der Waals surface area contributed by atoms with Crippen molar-refractivity contribution in [3.8, 4) is 0 Å². The fraction of sp³-hybridized carbons (Fsp3) is 0.462. The summed E-state index contributed by atoms with van der Waals surface area (Å²) in [5.41, 5.74) is -0.0159. The number of hydrogen-bond acceptors (Lipinski definition) is 3. The summed E-state index contributed by atoms with van der Waals surface area (Å²) in [5.74, 6) is 0.450. The molecule has 1 aromatic carbocycles. The van der Waals surface area contributed by atoms with E-state index >= 15 is 0 Å². The number of aliphatic hydroxyl groups excluding tert-OH is 1. The van der Waals surface area contributed by atoms with Crippen LogP contribution in [0.3, 0.4) is 0 Å². The average Bonchev–Trinajstić information content (AvgIpc) is 3.16. The molecule has 0 saturated heterocycles. The molecule has 2 rings (SSSR count). The molecule has 0 unspecified atom stereocenters. The van der Waals surface area contributed by atoms with Gasteiger partial charge < -0.3 is 10.4 Å². The summed E-state index contributed by atoms with van der Waals surface area (Å²) in [6.45, 7) is 0.774. The van der Waals surface area contributed by atoms with E-state index < -0.39 is 0 Å². The molecular weight excluding hydrogens is 314 g/mol. The first-order valence-electron chi connectivity index (χ1n) is 5.89. The van der Waals surface area contributed by atoms with Crippen molar-refractivity contribution in [2.45, 2.75) is 17.7 Å². The van der Waals surface area contributed by atoms with E-state index in [0.717, 1.165) is 22.2 Å². The third kappa shape index (κ3) is 4.00. The number of aliphatic hydroxyl groups is 1. The van der Waals surface area contributed by atoms with Gasteiger partial charge in [-0.15, -0.1) is 11.8 Å². The van der Waals surface area contributed by atoms with Gasteiger partial charge in [0.1, 0.15) is 0 Å². The van der Waals surface area contributed by atoms with Gasteiger partial charge in [-0.25, -0.2) is 0 Å². The van der Waals surface area contributed by atoms with Crippen molar-refractivity contribution in [3.05, 3.63) is 28.7 Å². The zero-order valence-corrected chi connectivity index (χ0v) is 12.4. The molecule has 1 aliphatic carbocycles. The van der Waals surface area contributed by atoms with Gasteiger partial charge >= 0.3 is 0 Å². The Kier molecular flexibility index (Phi) is 4.70. The molecular formula is C13H16BrNO2S. The van der Waals surface area contributed by atoms with Crippen LogP contribution in [0.15, 0.2) is 33.6 Å². The SMILES string of the molecule is O=C(CSc1ccc(Br)cc1)NCC1(CO)CC1. The monoisotopic (exact) mass is 329 g/mol. The molecule has 1 aromatic rings. The molecule has 1 fully saturated rings. The van der Waals surface area contributed by atoms with Crippen LogP contribution in [0, 0.1) is 5.41 Å². The minimum atomic E-state index is -0.0159. The van der Waals surface area contributed by atoms with Crippen molar-refractivity contribution < 1.29 is 9.90 Å². The van der Waals surface area contributed by atoms with Crippen LogP contribution in [0.5, 0.6) is 0 Å². The summed E-state index contributed by atoms with van der Waals surface area (Å²) in [5, 5.41) is 12.0. The first kappa shape index (κ1) is 13.9. The van der Waals surface area contributed by atoms with Crippen LogP contribution in [0.25, 0.3) is 0 Å². The van der Waals surface area contributed by atoms with Crippen LogP contribution in [-0.4, -0.2) is 29.9 Å². The highest BCUT2D eigenvalue weighted by atomic mass is 79.9. The molecule has 1 amide bonds. The molecule has 0 spiro atoms. The summed E-state index contributed by atoms with van der Waals surface area (Å²) < 4.78 is 1.04. The van der Waals surface area contributed by atoms with Crippen molar-refractivity contribution in [2.24, 2.45) is 5.41 Å². The molecule has 2 N–H and O–H groups in total. The number of hydrogen-bond donors (Lipinski definition) is 2. The van der Waals surface area contributed by atoms with Gasteiger partial charge in [-0.3, -0.25) is 4.79 Å². The largest absolute Gasteiger partial charge is 0.396 e. The second kappa shape index (κ2) is 6.08. The maximum Gasteiger partial charge on any atom is 0.230 e. The lowest BCUT2D eigenvalue weighted by molar-refractivity contribution is -0.118. The van der Waals surface area contributed by atoms with E-state index in [1.54, 1.807) is 0 Å². The number of benzene rings is 1. The summed E-state index contributed by atoms with van der Waals surface area (Å²) in [6, 6.07) is 7.90. The Hall–Kier alpha value is -0.520. The van der Waals surface area contributed by atoms with Gasteiger partial charge in [0.2, 0.25) is 5.91 Å². The Bertz CT molecular complexity index is 418. The highest BCUT2D eigenvalue weighted by Crippen LogP contribution is 2.44. The minimum absolute atomic E-state index is 0.0159. The van der Waals surface area contributed by atoms with E-state index in [1.165, 1.54) is 11.8 Å². The summed E-state index contributed by atoms with van der Waals surface area (Å²) in [7, 11) is 0. The van der Waals surface area contributed by atoms with E-state index in [0.29, 0.717) is 12.3 Å². The van der Waals surface area contributed by atoms with E-state index in [2.05, 4.69) is 21.2 Å². The Balaban J connectivity index is 1.70. The summed E-state index contributed by atoms with van der Waals surface area (Å²) in [6.07, 6.45) is 2.03. The van der Waals surface area contributed by atoms with Crippen molar-refractivity contribution in [1.29, 1.82) is 0 Å². The first-order valence-corrected chi connectivity index (χ1v) is 7.67. The molecule has 0 aromatic heterocycles. The number of thioether (sulfide) groups is 1. The predicted octanol–water partition coefficient (Wildman–Crippen LogP) is 2.43. The number of nitrogens with one attached hydrogen (secondary N) is 1. The van der Waals surface area contributed by atoms with Crippen molar-refractivity contribution in [2.75, 3.05) is 18.9 Å². The average molecular weight is 330 g/mol. The third-order valence-corrected chi connectivity index (χ3v) is 4.68. The normalized spacial score (nSPS) is 16.3. The smallest absolute Gasteiger partial charge is 0.230 e. The second-order valence-electron chi connectivity index (χ2n) is 4.68. The van der Waals surface area contributed by atoms with Gasteiger partial charge in [0.05, 0.1) is 12.4 Å². The molecule has 0 heterocycles. The van der Waals surface area contributed by atoms with Gasteiger partial charge in [0.15, 0.2) is 0 Å². The quantitative estimate of drug-likeness (QED) is 0.788. The van der Waals surface area contributed by atoms with E-state index in [9.17, 15) is 4.79 Å². The molecule has 0 atom stereocenters. The van der Waals surface area contributed by atoms with Gasteiger partial charge in [0.25, 0.3) is 0 Å². The number of carbonyl (C=O) groups excluding carboxylic acids is 1. The van der Waals surface area contributed by atoms with Crippen LogP contribution in [0.4, 0.5) is 0 Å². The summed E-state index contributed by atoms with van der Waals surface area (Å²) >= 11 is 4.90.